The Morgan fingerprint density at radius 2 is 1.68 bits per heavy atom. The van der Waals surface area contributed by atoms with Gasteiger partial charge in [-0.15, -0.1) is 0 Å². The van der Waals surface area contributed by atoms with Crippen LogP contribution in [0.1, 0.15) is 39.2 Å². The first-order valence-corrected chi connectivity index (χ1v) is 15.7. The molecule has 0 unspecified atom stereocenters. The lowest BCUT2D eigenvalue weighted by molar-refractivity contribution is -0.147. The summed E-state index contributed by atoms with van der Waals surface area (Å²) in [5.41, 5.74) is 7.43. The Morgan fingerprint density at radius 3 is 2.25 bits per heavy atom. The second-order valence-electron chi connectivity index (χ2n) is 9.88. The lowest BCUT2D eigenvalue weighted by atomic mass is 9.97. The number of hydrogen-bond acceptors (Lipinski definition) is 8. The van der Waals surface area contributed by atoms with Crippen LogP contribution >= 0.6 is 24.4 Å². The Hall–Kier alpha value is -2.53. The molecule has 0 saturated carbocycles. The number of para-hydroxylation sites is 1. The summed E-state index contributed by atoms with van der Waals surface area (Å²) in [6.45, 7) is 6.16. The quantitative estimate of drug-likeness (QED) is 0.165. The molecule has 0 aromatic heterocycles. The van der Waals surface area contributed by atoms with E-state index in [4.69, 9.17) is 10.5 Å². The topological polar surface area (TPSA) is 114 Å². The molecule has 0 spiro atoms. The summed E-state index contributed by atoms with van der Waals surface area (Å²) in [6, 6.07) is 16.0. The molecule has 0 aliphatic heterocycles. The van der Waals surface area contributed by atoms with Crippen LogP contribution in [0.4, 0.5) is 5.69 Å². The molecule has 0 fully saturated rings. The van der Waals surface area contributed by atoms with Crippen molar-refractivity contribution < 1.29 is 19.1 Å². The van der Waals surface area contributed by atoms with E-state index >= 15 is 0 Å². The van der Waals surface area contributed by atoms with Crippen molar-refractivity contribution in [3.63, 3.8) is 0 Å². The van der Waals surface area contributed by atoms with Crippen molar-refractivity contribution in [1.29, 1.82) is 0 Å². The number of rotatable bonds is 17. The first-order valence-electron chi connectivity index (χ1n) is 13.7. The SMILES string of the molecule is CC[C@H](C)[C@H](NC[C@@H](N)CS)C(=O)N[C@@H](C)C(=O)N(c1ccccc1)[C@@H](CCSC)C(=O)OCc1ccccc1. The zero-order chi connectivity index (χ0) is 29.5. The van der Waals surface area contributed by atoms with Gasteiger partial charge in [-0.1, -0.05) is 68.8 Å². The molecule has 2 aromatic carbocycles. The smallest absolute Gasteiger partial charge is 0.329 e. The molecule has 0 heterocycles. The Bertz CT molecular complexity index is 1040. The van der Waals surface area contributed by atoms with Crippen molar-refractivity contribution in [2.45, 2.75) is 64.4 Å². The van der Waals surface area contributed by atoms with Crippen LogP contribution in [0.15, 0.2) is 60.7 Å². The molecule has 220 valence electrons. The molecule has 0 radical (unpaired) electrons. The number of nitrogens with zero attached hydrogens (tertiary/aromatic N) is 1. The molecule has 4 N–H and O–H groups in total. The van der Waals surface area contributed by atoms with E-state index in [2.05, 4.69) is 23.3 Å². The van der Waals surface area contributed by atoms with Gasteiger partial charge >= 0.3 is 5.97 Å². The number of thioether (sulfide) groups is 1. The summed E-state index contributed by atoms with van der Waals surface area (Å²) in [4.78, 5) is 42.3. The summed E-state index contributed by atoms with van der Waals surface area (Å²) in [6.07, 6.45) is 3.12. The fourth-order valence-electron chi connectivity index (χ4n) is 4.16. The molecule has 2 rings (SSSR count). The molecule has 2 amide bonds. The number of nitrogens with two attached hydrogens (primary N) is 1. The molecule has 8 nitrogen and oxygen atoms in total. The van der Waals surface area contributed by atoms with Crippen LogP contribution in [-0.2, 0) is 25.7 Å². The number of benzene rings is 2. The third-order valence-corrected chi connectivity index (χ3v) is 7.85. The third kappa shape index (κ3) is 10.5. The van der Waals surface area contributed by atoms with Gasteiger partial charge in [-0.2, -0.15) is 24.4 Å². The van der Waals surface area contributed by atoms with Crippen LogP contribution in [0.25, 0.3) is 0 Å². The number of amides is 2. The van der Waals surface area contributed by atoms with Crippen LogP contribution in [0.2, 0.25) is 0 Å². The standard InChI is InChI=1S/C30H44N4O4S2/c1-5-21(2)27(32-18-24(31)20-39)28(35)33-22(3)29(36)34(25-14-10-7-11-15-25)26(16-17-40-4)30(37)38-19-23-12-8-6-9-13-23/h6-15,21-22,24,26-27,32,39H,5,16-20,31H2,1-4H3,(H,33,35)/t21-,22-,24+,26-,27-/m0/s1. The van der Waals surface area contributed by atoms with E-state index in [1.807, 2.05) is 68.6 Å². The molecule has 5 atom stereocenters. The van der Waals surface area contributed by atoms with Gasteiger partial charge in [-0.3, -0.25) is 14.5 Å². The van der Waals surface area contributed by atoms with Gasteiger partial charge in [0.15, 0.2) is 0 Å². The van der Waals surface area contributed by atoms with E-state index in [1.165, 1.54) is 4.90 Å². The van der Waals surface area contributed by atoms with Crippen LogP contribution < -0.4 is 21.3 Å². The van der Waals surface area contributed by atoms with Crippen LogP contribution in [-0.4, -0.2) is 66.3 Å². The van der Waals surface area contributed by atoms with Gasteiger partial charge in [0.1, 0.15) is 18.7 Å². The van der Waals surface area contributed by atoms with Gasteiger partial charge < -0.3 is 21.1 Å². The Labute approximate surface area is 248 Å². The number of carbonyl (C=O) groups excluding carboxylic acids is 3. The minimum atomic E-state index is -0.890. The number of hydrogen-bond donors (Lipinski definition) is 4. The molecule has 0 aliphatic carbocycles. The highest BCUT2D eigenvalue weighted by atomic mass is 32.2. The predicted octanol–water partition coefficient (Wildman–Crippen LogP) is 3.65. The van der Waals surface area contributed by atoms with E-state index in [1.54, 1.807) is 30.8 Å². The largest absolute Gasteiger partial charge is 0.459 e. The zero-order valence-electron chi connectivity index (χ0n) is 23.9. The van der Waals surface area contributed by atoms with Crippen molar-refractivity contribution in [3.8, 4) is 0 Å². The van der Waals surface area contributed by atoms with Gasteiger partial charge in [0.25, 0.3) is 0 Å². The van der Waals surface area contributed by atoms with Crippen molar-refractivity contribution in [3.05, 3.63) is 66.2 Å². The normalized spacial score (nSPS) is 14.8. The molecule has 10 heteroatoms. The van der Waals surface area contributed by atoms with Crippen LogP contribution in [0.5, 0.6) is 0 Å². The lowest BCUT2D eigenvalue weighted by Crippen LogP contribution is -2.58. The average Bonchev–Trinajstić information content (AvgIpc) is 2.98. The first kappa shape index (κ1) is 33.7. The first-order chi connectivity index (χ1) is 19.2. The van der Waals surface area contributed by atoms with E-state index in [9.17, 15) is 14.4 Å². The third-order valence-electron chi connectivity index (χ3n) is 6.73. The number of anilines is 1. The highest BCUT2D eigenvalue weighted by molar-refractivity contribution is 7.98. The molecular weight excluding hydrogens is 544 g/mol. The summed E-state index contributed by atoms with van der Waals surface area (Å²) in [7, 11) is 0. The highest BCUT2D eigenvalue weighted by Gasteiger charge is 2.36. The molecular formula is C30H44N4O4S2. The van der Waals surface area contributed by atoms with Gasteiger partial charge in [0.2, 0.25) is 11.8 Å². The van der Waals surface area contributed by atoms with Gasteiger partial charge in [0.05, 0.1) is 6.04 Å². The average molecular weight is 589 g/mol. The van der Waals surface area contributed by atoms with Crippen molar-refractivity contribution >= 4 is 47.9 Å². The Balaban J connectivity index is 2.29. The minimum Gasteiger partial charge on any atom is -0.459 e. The van der Waals surface area contributed by atoms with Crippen LogP contribution in [0, 0.1) is 5.92 Å². The maximum absolute atomic E-state index is 14.0. The minimum absolute atomic E-state index is 0.0157. The number of nitrogens with one attached hydrogen (secondary N) is 2. The van der Waals surface area contributed by atoms with Crippen molar-refractivity contribution in [2.75, 3.05) is 29.2 Å². The van der Waals surface area contributed by atoms with E-state index in [-0.39, 0.29) is 24.5 Å². The Morgan fingerprint density at radius 1 is 1.05 bits per heavy atom. The fourth-order valence-corrected chi connectivity index (χ4v) is 4.75. The maximum atomic E-state index is 14.0. The van der Waals surface area contributed by atoms with E-state index in [0.717, 1.165) is 12.0 Å². The van der Waals surface area contributed by atoms with Gasteiger partial charge in [0, 0.05) is 24.0 Å². The molecule has 0 saturated heterocycles. The van der Waals surface area contributed by atoms with E-state index in [0.29, 0.717) is 30.2 Å². The monoisotopic (exact) mass is 588 g/mol. The van der Waals surface area contributed by atoms with Crippen molar-refractivity contribution in [1.82, 2.24) is 10.6 Å². The second-order valence-corrected chi connectivity index (χ2v) is 11.2. The van der Waals surface area contributed by atoms with Gasteiger partial charge in [-0.05, 0) is 49.0 Å². The number of ether oxygens (including phenoxy) is 1. The Kier molecular flexibility index (Phi) is 15.2. The summed E-state index contributed by atoms with van der Waals surface area (Å²) in [5.74, 6) is -0.0244. The number of thiol groups is 1. The molecule has 0 aliphatic rings. The maximum Gasteiger partial charge on any atom is 0.329 e. The zero-order valence-corrected chi connectivity index (χ0v) is 25.6. The summed E-state index contributed by atoms with van der Waals surface area (Å²) >= 11 is 5.81. The summed E-state index contributed by atoms with van der Waals surface area (Å²) in [5, 5.41) is 6.12. The lowest BCUT2D eigenvalue weighted by Gasteiger charge is -2.33. The fraction of sp³-hybridized carbons (Fsp3) is 0.500. The number of carbonyl (C=O) groups is 3. The van der Waals surface area contributed by atoms with Gasteiger partial charge in [-0.25, -0.2) is 4.79 Å². The molecule has 0 bridgehead atoms. The second kappa shape index (κ2) is 18.0. The summed E-state index contributed by atoms with van der Waals surface area (Å²) < 4.78 is 5.69. The highest BCUT2D eigenvalue weighted by Crippen LogP contribution is 2.23. The van der Waals surface area contributed by atoms with Crippen LogP contribution in [0.3, 0.4) is 0 Å². The predicted molar refractivity (Wildman–Crippen MR) is 168 cm³/mol. The molecule has 40 heavy (non-hydrogen) atoms. The van der Waals surface area contributed by atoms with Crippen molar-refractivity contribution in [2.24, 2.45) is 11.7 Å². The molecule has 2 aromatic rings. The van der Waals surface area contributed by atoms with E-state index < -0.39 is 30.0 Å². The number of esters is 1.